The lowest BCUT2D eigenvalue weighted by Gasteiger charge is -2.27. The molecule has 0 fully saturated rings. The van der Waals surface area contributed by atoms with E-state index >= 15 is 0 Å². The molecule has 0 aromatic carbocycles. The van der Waals surface area contributed by atoms with Gasteiger partial charge in [-0.05, 0) is 35.8 Å². The molecule has 2 amide bonds. The Balaban J connectivity index is 1.77. The number of hydrogen-bond donors (Lipinski definition) is 2. The van der Waals surface area contributed by atoms with Gasteiger partial charge in [-0.25, -0.2) is 0 Å². The summed E-state index contributed by atoms with van der Waals surface area (Å²) in [4.78, 5) is 27.5. The summed E-state index contributed by atoms with van der Waals surface area (Å²) < 4.78 is 0. The fourth-order valence-electron chi connectivity index (χ4n) is 2.83. The number of rotatable bonds is 7. The van der Waals surface area contributed by atoms with Gasteiger partial charge in [-0.1, -0.05) is 13.8 Å². The Morgan fingerprint density at radius 1 is 1.39 bits per heavy atom. The first-order valence-electron chi connectivity index (χ1n) is 8.24. The Labute approximate surface area is 141 Å². The summed E-state index contributed by atoms with van der Waals surface area (Å²) in [5.74, 6) is 0.194. The molecule has 5 nitrogen and oxygen atoms in total. The quantitative estimate of drug-likeness (QED) is 0.798. The molecule has 1 aliphatic rings. The molecule has 2 rings (SSSR count). The van der Waals surface area contributed by atoms with Gasteiger partial charge in [0.15, 0.2) is 0 Å². The highest BCUT2D eigenvalue weighted by Gasteiger charge is 2.22. The van der Waals surface area contributed by atoms with Crippen molar-refractivity contribution in [2.24, 2.45) is 5.92 Å². The first-order chi connectivity index (χ1) is 11.0. The maximum absolute atomic E-state index is 12.3. The van der Waals surface area contributed by atoms with Gasteiger partial charge in [-0.2, -0.15) is 0 Å². The minimum atomic E-state index is -0.112. The lowest BCUT2D eigenvalue weighted by Crippen LogP contribution is -2.40. The molecule has 1 aliphatic heterocycles. The summed E-state index contributed by atoms with van der Waals surface area (Å²) in [7, 11) is 0. The van der Waals surface area contributed by atoms with Crippen molar-refractivity contribution in [3.05, 3.63) is 21.9 Å². The van der Waals surface area contributed by atoms with Crippen molar-refractivity contribution >= 4 is 23.2 Å². The van der Waals surface area contributed by atoms with E-state index in [1.165, 1.54) is 10.4 Å². The van der Waals surface area contributed by atoms with E-state index in [9.17, 15) is 9.59 Å². The number of amides is 2. The summed E-state index contributed by atoms with van der Waals surface area (Å²) in [6.45, 7) is 5.49. The van der Waals surface area contributed by atoms with Crippen LogP contribution in [0.3, 0.4) is 0 Å². The zero-order valence-electron chi connectivity index (χ0n) is 13.9. The van der Waals surface area contributed by atoms with E-state index in [4.69, 9.17) is 5.11 Å². The maximum Gasteiger partial charge on any atom is 0.223 e. The van der Waals surface area contributed by atoms with Crippen molar-refractivity contribution < 1.29 is 14.7 Å². The molecule has 0 saturated heterocycles. The number of fused-ring (bicyclic) bond motifs is 1. The predicted molar refractivity (Wildman–Crippen MR) is 91.1 cm³/mol. The van der Waals surface area contributed by atoms with Gasteiger partial charge in [0.05, 0.1) is 0 Å². The van der Waals surface area contributed by atoms with Gasteiger partial charge in [0.2, 0.25) is 11.8 Å². The number of thiophene rings is 1. The van der Waals surface area contributed by atoms with E-state index in [-0.39, 0.29) is 43.2 Å². The van der Waals surface area contributed by atoms with Crippen LogP contribution in [0.2, 0.25) is 0 Å². The van der Waals surface area contributed by atoms with E-state index in [1.807, 2.05) is 18.7 Å². The Morgan fingerprint density at radius 2 is 2.17 bits per heavy atom. The van der Waals surface area contributed by atoms with Crippen LogP contribution >= 0.6 is 11.3 Å². The number of nitrogens with zero attached hydrogens (tertiary/aromatic N) is 1. The average molecular weight is 338 g/mol. The summed E-state index contributed by atoms with van der Waals surface area (Å²) in [5, 5.41) is 14.0. The lowest BCUT2D eigenvalue weighted by atomic mass is 10.0. The van der Waals surface area contributed by atoms with Crippen LogP contribution in [0.5, 0.6) is 0 Å². The van der Waals surface area contributed by atoms with Crippen molar-refractivity contribution in [3.63, 3.8) is 0 Å². The normalized spacial score (nSPS) is 15.4. The molecular weight excluding hydrogens is 312 g/mol. The topological polar surface area (TPSA) is 69.6 Å². The van der Waals surface area contributed by atoms with Gasteiger partial charge >= 0.3 is 0 Å². The highest BCUT2D eigenvalue weighted by atomic mass is 32.1. The second kappa shape index (κ2) is 8.45. The molecule has 0 spiro atoms. The third-order valence-corrected chi connectivity index (χ3v) is 5.34. The summed E-state index contributed by atoms with van der Waals surface area (Å²) in [6.07, 6.45) is 1.91. The molecular formula is C17H26N2O3S. The molecule has 2 heterocycles. The number of aliphatic hydroxyl groups excluding tert-OH is 1. The van der Waals surface area contributed by atoms with Crippen LogP contribution in [0.15, 0.2) is 11.4 Å². The number of carbonyl (C=O) groups is 2. The number of aliphatic hydroxyl groups is 1. The first kappa shape index (κ1) is 17.9. The average Bonchev–Trinajstić information content (AvgIpc) is 2.99. The van der Waals surface area contributed by atoms with E-state index < -0.39 is 0 Å². The molecule has 0 saturated carbocycles. The third-order valence-electron chi connectivity index (χ3n) is 4.32. The molecule has 0 aliphatic carbocycles. The zero-order valence-corrected chi connectivity index (χ0v) is 14.7. The molecule has 1 atom stereocenters. The molecule has 2 N–H and O–H groups in total. The molecule has 0 bridgehead atoms. The van der Waals surface area contributed by atoms with E-state index in [1.54, 1.807) is 11.3 Å². The minimum absolute atomic E-state index is 0.0362. The largest absolute Gasteiger partial charge is 0.396 e. The maximum atomic E-state index is 12.3. The van der Waals surface area contributed by atoms with Crippen LogP contribution in [0.25, 0.3) is 0 Å². The van der Waals surface area contributed by atoms with Crippen LogP contribution < -0.4 is 5.32 Å². The standard InChI is InChI=1S/C17H26N2O3S/c1-12(2)14(6-9-20)18-16(21)3-4-17(22)19-8-5-15-13(11-19)7-10-23-15/h7,10,12,14,20H,3-6,8-9,11H2,1-2H3,(H,18,21). The molecule has 23 heavy (non-hydrogen) atoms. The van der Waals surface area contributed by atoms with Crippen LogP contribution in [-0.4, -0.2) is 41.0 Å². The molecule has 1 unspecified atom stereocenters. The minimum Gasteiger partial charge on any atom is -0.396 e. The van der Waals surface area contributed by atoms with Crippen molar-refractivity contribution in [1.29, 1.82) is 0 Å². The lowest BCUT2D eigenvalue weighted by molar-refractivity contribution is -0.134. The highest BCUT2D eigenvalue weighted by Crippen LogP contribution is 2.24. The van der Waals surface area contributed by atoms with Crippen molar-refractivity contribution in [2.75, 3.05) is 13.2 Å². The predicted octanol–water partition coefficient (Wildman–Crippen LogP) is 1.94. The van der Waals surface area contributed by atoms with Gasteiger partial charge in [0, 0.05) is 43.5 Å². The van der Waals surface area contributed by atoms with Crippen molar-refractivity contribution in [1.82, 2.24) is 10.2 Å². The first-order valence-corrected chi connectivity index (χ1v) is 9.12. The van der Waals surface area contributed by atoms with E-state index in [0.717, 1.165) is 13.0 Å². The van der Waals surface area contributed by atoms with Crippen molar-refractivity contribution in [2.45, 2.75) is 52.1 Å². The smallest absolute Gasteiger partial charge is 0.223 e. The van der Waals surface area contributed by atoms with Gasteiger partial charge in [0.25, 0.3) is 0 Å². The molecule has 1 aromatic rings. The molecule has 0 radical (unpaired) electrons. The van der Waals surface area contributed by atoms with Gasteiger partial charge in [-0.3, -0.25) is 9.59 Å². The zero-order chi connectivity index (χ0) is 16.8. The Bertz CT molecular complexity index is 542. The Morgan fingerprint density at radius 3 is 2.87 bits per heavy atom. The summed E-state index contributed by atoms with van der Waals surface area (Å²) in [6, 6.07) is 2.04. The van der Waals surface area contributed by atoms with Gasteiger partial charge < -0.3 is 15.3 Å². The van der Waals surface area contributed by atoms with Crippen LogP contribution in [0, 0.1) is 5.92 Å². The molecule has 6 heteroatoms. The van der Waals surface area contributed by atoms with Gasteiger partial charge in [-0.15, -0.1) is 11.3 Å². The third kappa shape index (κ3) is 5.04. The second-order valence-electron chi connectivity index (χ2n) is 6.36. The van der Waals surface area contributed by atoms with Crippen LogP contribution in [0.1, 0.15) is 43.6 Å². The van der Waals surface area contributed by atoms with E-state index in [0.29, 0.717) is 13.0 Å². The summed E-state index contributed by atoms with van der Waals surface area (Å²) >= 11 is 1.75. The molecule has 128 valence electrons. The van der Waals surface area contributed by atoms with Crippen LogP contribution in [0.4, 0.5) is 0 Å². The van der Waals surface area contributed by atoms with Crippen molar-refractivity contribution in [3.8, 4) is 0 Å². The Kier molecular flexibility index (Phi) is 6.59. The number of hydrogen-bond acceptors (Lipinski definition) is 4. The van der Waals surface area contributed by atoms with E-state index in [2.05, 4.69) is 16.8 Å². The van der Waals surface area contributed by atoms with Crippen LogP contribution in [-0.2, 0) is 22.6 Å². The monoisotopic (exact) mass is 338 g/mol. The number of carbonyl (C=O) groups excluding carboxylic acids is 2. The fourth-order valence-corrected chi connectivity index (χ4v) is 3.72. The SMILES string of the molecule is CC(C)C(CCO)NC(=O)CCC(=O)N1CCc2sccc2C1. The second-order valence-corrected chi connectivity index (χ2v) is 7.37. The highest BCUT2D eigenvalue weighted by molar-refractivity contribution is 7.10. The summed E-state index contributed by atoms with van der Waals surface area (Å²) in [5.41, 5.74) is 1.24. The van der Waals surface area contributed by atoms with Gasteiger partial charge in [0.1, 0.15) is 0 Å². The number of nitrogens with one attached hydrogen (secondary N) is 1. The Hall–Kier alpha value is -1.40. The fraction of sp³-hybridized carbons (Fsp3) is 0.647. The molecule has 1 aromatic heterocycles.